The Balaban J connectivity index is 2.12. The molecule has 0 aromatic heterocycles. The van der Waals surface area contributed by atoms with Crippen molar-refractivity contribution in [2.45, 2.75) is 18.9 Å². The van der Waals surface area contributed by atoms with Gasteiger partial charge in [-0.1, -0.05) is 30.3 Å². The molecule has 1 saturated carbocycles. The third-order valence-electron chi connectivity index (χ3n) is 2.39. The number of amides is 1. The highest BCUT2D eigenvalue weighted by Crippen LogP contribution is 2.19. The molecule has 0 radical (unpaired) electrons. The fraction of sp³-hybridized carbons (Fsp3) is 0.231. The molecule has 16 heavy (non-hydrogen) atoms. The highest BCUT2D eigenvalue weighted by atomic mass is 16.1. The highest BCUT2D eigenvalue weighted by Gasteiger charge is 2.24. The lowest BCUT2D eigenvalue weighted by atomic mass is 10.1. The SMILES string of the molecule is N#C/C(=C\c1ccccc1)C(=O)NC1CC1. The van der Waals surface area contributed by atoms with E-state index < -0.39 is 0 Å². The van der Waals surface area contributed by atoms with Crippen LogP contribution in [0.5, 0.6) is 0 Å². The van der Waals surface area contributed by atoms with Crippen molar-refractivity contribution in [3.05, 3.63) is 41.5 Å². The Morgan fingerprint density at radius 1 is 1.38 bits per heavy atom. The average Bonchev–Trinajstić information content (AvgIpc) is 3.11. The van der Waals surface area contributed by atoms with Crippen LogP contribution in [0.3, 0.4) is 0 Å². The van der Waals surface area contributed by atoms with Crippen LogP contribution in [0, 0.1) is 11.3 Å². The second-order valence-electron chi connectivity index (χ2n) is 3.83. The van der Waals surface area contributed by atoms with Gasteiger partial charge in [0.05, 0.1) is 0 Å². The van der Waals surface area contributed by atoms with Crippen molar-refractivity contribution >= 4 is 12.0 Å². The van der Waals surface area contributed by atoms with Gasteiger partial charge in [0.1, 0.15) is 11.6 Å². The molecule has 3 heteroatoms. The number of hydrogen-bond donors (Lipinski definition) is 1. The number of nitrogens with zero attached hydrogens (tertiary/aromatic N) is 1. The summed E-state index contributed by atoms with van der Waals surface area (Å²) in [6.07, 6.45) is 3.66. The summed E-state index contributed by atoms with van der Waals surface area (Å²) in [5, 5.41) is 11.7. The van der Waals surface area contributed by atoms with Crippen LogP contribution in [0.4, 0.5) is 0 Å². The van der Waals surface area contributed by atoms with Gasteiger partial charge in [-0.2, -0.15) is 5.26 Å². The van der Waals surface area contributed by atoms with Crippen molar-refractivity contribution in [1.82, 2.24) is 5.32 Å². The summed E-state index contributed by atoms with van der Waals surface area (Å²) >= 11 is 0. The summed E-state index contributed by atoms with van der Waals surface area (Å²) in [5.74, 6) is -0.270. The fourth-order valence-electron chi connectivity index (χ4n) is 1.36. The van der Waals surface area contributed by atoms with E-state index in [0.29, 0.717) is 0 Å². The molecule has 0 saturated heterocycles. The third-order valence-corrected chi connectivity index (χ3v) is 2.39. The summed E-state index contributed by atoms with van der Waals surface area (Å²) in [4.78, 5) is 11.6. The van der Waals surface area contributed by atoms with E-state index in [1.54, 1.807) is 6.08 Å². The van der Waals surface area contributed by atoms with Crippen LogP contribution in [0.25, 0.3) is 6.08 Å². The van der Waals surface area contributed by atoms with Gasteiger partial charge in [0.15, 0.2) is 0 Å². The van der Waals surface area contributed by atoms with E-state index in [0.717, 1.165) is 18.4 Å². The molecule has 2 rings (SSSR count). The maximum Gasteiger partial charge on any atom is 0.262 e. The van der Waals surface area contributed by atoms with Gasteiger partial charge in [0, 0.05) is 6.04 Å². The van der Waals surface area contributed by atoms with Crippen LogP contribution >= 0.6 is 0 Å². The summed E-state index contributed by atoms with van der Waals surface area (Å²) in [7, 11) is 0. The first kappa shape index (κ1) is 10.4. The molecule has 1 aromatic rings. The second-order valence-corrected chi connectivity index (χ2v) is 3.83. The molecule has 0 aliphatic heterocycles. The van der Waals surface area contributed by atoms with E-state index >= 15 is 0 Å². The number of carbonyl (C=O) groups excluding carboxylic acids is 1. The Hall–Kier alpha value is -2.08. The van der Waals surface area contributed by atoms with Crippen LogP contribution in [-0.2, 0) is 4.79 Å². The van der Waals surface area contributed by atoms with E-state index in [9.17, 15) is 4.79 Å². The summed E-state index contributed by atoms with van der Waals surface area (Å²) in [5.41, 5.74) is 1.03. The summed E-state index contributed by atoms with van der Waals surface area (Å²) in [6, 6.07) is 11.6. The minimum absolute atomic E-state index is 0.165. The second kappa shape index (κ2) is 4.63. The standard InChI is InChI=1S/C13H12N2O/c14-9-11(13(16)15-12-6-7-12)8-10-4-2-1-3-5-10/h1-5,8,12H,6-7H2,(H,15,16)/b11-8+. The van der Waals surface area contributed by atoms with Gasteiger partial charge in [-0.05, 0) is 24.5 Å². The van der Waals surface area contributed by atoms with Crippen LogP contribution in [-0.4, -0.2) is 11.9 Å². The van der Waals surface area contributed by atoms with Crippen molar-refractivity contribution < 1.29 is 4.79 Å². The van der Waals surface area contributed by atoms with Crippen LogP contribution in [0.1, 0.15) is 18.4 Å². The zero-order chi connectivity index (χ0) is 11.4. The highest BCUT2D eigenvalue weighted by molar-refractivity contribution is 6.01. The molecular weight excluding hydrogens is 200 g/mol. The predicted molar refractivity (Wildman–Crippen MR) is 61.2 cm³/mol. The van der Waals surface area contributed by atoms with Gasteiger partial charge in [-0.3, -0.25) is 4.79 Å². The zero-order valence-corrected chi connectivity index (χ0v) is 8.81. The molecule has 1 amide bonds. The van der Waals surface area contributed by atoms with Gasteiger partial charge < -0.3 is 5.32 Å². The van der Waals surface area contributed by atoms with Gasteiger partial charge in [-0.15, -0.1) is 0 Å². The maximum absolute atomic E-state index is 11.6. The minimum Gasteiger partial charge on any atom is -0.349 e. The van der Waals surface area contributed by atoms with E-state index in [-0.39, 0.29) is 17.5 Å². The van der Waals surface area contributed by atoms with E-state index in [4.69, 9.17) is 5.26 Å². The Morgan fingerprint density at radius 3 is 2.62 bits per heavy atom. The fourth-order valence-corrected chi connectivity index (χ4v) is 1.36. The van der Waals surface area contributed by atoms with E-state index in [2.05, 4.69) is 5.32 Å². The number of nitriles is 1. The first-order valence-corrected chi connectivity index (χ1v) is 5.27. The molecule has 0 spiro atoms. The number of nitrogens with one attached hydrogen (secondary N) is 1. The van der Waals surface area contributed by atoms with Gasteiger partial charge in [0.25, 0.3) is 5.91 Å². The summed E-state index contributed by atoms with van der Waals surface area (Å²) in [6.45, 7) is 0. The third kappa shape index (κ3) is 2.71. The molecule has 0 heterocycles. The molecule has 1 aliphatic carbocycles. The number of benzene rings is 1. The molecule has 1 N–H and O–H groups in total. The van der Waals surface area contributed by atoms with Gasteiger partial charge in [0.2, 0.25) is 0 Å². The number of rotatable bonds is 3. The first-order valence-electron chi connectivity index (χ1n) is 5.27. The molecule has 1 aliphatic rings. The Kier molecular flexibility index (Phi) is 3.02. The molecule has 80 valence electrons. The quantitative estimate of drug-likeness (QED) is 0.614. The monoisotopic (exact) mass is 212 g/mol. The average molecular weight is 212 g/mol. The van der Waals surface area contributed by atoms with Gasteiger partial charge >= 0.3 is 0 Å². The number of hydrogen-bond acceptors (Lipinski definition) is 2. The van der Waals surface area contributed by atoms with E-state index in [1.165, 1.54) is 0 Å². The molecule has 1 fully saturated rings. The minimum atomic E-state index is -0.270. The van der Waals surface area contributed by atoms with Gasteiger partial charge in [-0.25, -0.2) is 0 Å². The van der Waals surface area contributed by atoms with Crippen LogP contribution < -0.4 is 5.32 Å². The Morgan fingerprint density at radius 2 is 2.06 bits per heavy atom. The van der Waals surface area contributed by atoms with Crippen molar-refractivity contribution in [1.29, 1.82) is 5.26 Å². The smallest absolute Gasteiger partial charge is 0.262 e. The normalized spacial score (nSPS) is 15.3. The van der Waals surface area contributed by atoms with Crippen LogP contribution in [0.2, 0.25) is 0 Å². The maximum atomic E-state index is 11.6. The Bertz CT molecular complexity index is 453. The lowest BCUT2D eigenvalue weighted by Crippen LogP contribution is -2.26. The zero-order valence-electron chi connectivity index (χ0n) is 8.81. The molecule has 1 aromatic carbocycles. The predicted octanol–water partition coefficient (Wildman–Crippen LogP) is 1.87. The Labute approximate surface area is 94.4 Å². The van der Waals surface area contributed by atoms with Crippen LogP contribution in [0.15, 0.2) is 35.9 Å². The van der Waals surface area contributed by atoms with Crippen molar-refractivity contribution in [2.24, 2.45) is 0 Å². The molecule has 3 nitrogen and oxygen atoms in total. The molecular formula is C13H12N2O. The number of carbonyl (C=O) groups is 1. The topological polar surface area (TPSA) is 52.9 Å². The summed E-state index contributed by atoms with van der Waals surface area (Å²) < 4.78 is 0. The first-order chi connectivity index (χ1) is 7.79. The molecule has 0 unspecified atom stereocenters. The van der Waals surface area contributed by atoms with Crippen molar-refractivity contribution in [3.8, 4) is 6.07 Å². The molecule has 0 atom stereocenters. The largest absolute Gasteiger partial charge is 0.349 e. The molecule has 0 bridgehead atoms. The van der Waals surface area contributed by atoms with Crippen molar-refractivity contribution in [2.75, 3.05) is 0 Å². The van der Waals surface area contributed by atoms with E-state index in [1.807, 2.05) is 36.4 Å². The van der Waals surface area contributed by atoms with Crippen molar-refractivity contribution in [3.63, 3.8) is 0 Å². The lowest BCUT2D eigenvalue weighted by Gasteiger charge is -2.01. The lowest BCUT2D eigenvalue weighted by molar-refractivity contribution is -0.117.